The quantitative estimate of drug-likeness (QED) is 0.522. The van der Waals surface area contributed by atoms with E-state index in [-0.39, 0.29) is 11.7 Å². The van der Waals surface area contributed by atoms with Crippen molar-refractivity contribution < 1.29 is 9.59 Å². The van der Waals surface area contributed by atoms with Crippen LogP contribution in [0.4, 0.5) is 0 Å². The third-order valence-electron chi connectivity index (χ3n) is 3.40. The highest BCUT2D eigenvalue weighted by Gasteiger charge is 2.13. The molecule has 0 radical (unpaired) electrons. The fourth-order valence-corrected chi connectivity index (χ4v) is 3.01. The molecule has 1 heterocycles. The number of amides is 2. The molecular weight excluding hydrogens is 372 g/mol. The summed E-state index contributed by atoms with van der Waals surface area (Å²) in [4.78, 5) is 25.2. The molecule has 1 aromatic heterocycles. The van der Waals surface area contributed by atoms with E-state index in [2.05, 4.69) is 16.0 Å². The van der Waals surface area contributed by atoms with Crippen LogP contribution in [-0.2, 0) is 4.79 Å². The van der Waals surface area contributed by atoms with Crippen LogP contribution in [0.15, 0.2) is 71.9 Å². The number of nitrogens with zero attached hydrogens (tertiary/aromatic N) is 2. The van der Waals surface area contributed by atoms with Crippen molar-refractivity contribution in [2.75, 3.05) is 5.75 Å². The van der Waals surface area contributed by atoms with Gasteiger partial charge >= 0.3 is 0 Å². The van der Waals surface area contributed by atoms with Crippen molar-refractivity contribution in [3.8, 4) is 5.69 Å². The Morgan fingerprint density at radius 2 is 1.81 bits per heavy atom. The Labute approximate surface area is 159 Å². The molecule has 0 saturated carbocycles. The Kier molecular flexibility index (Phi) is 5.93. The first-order valence-electron chi connectivity index (χ1n) is 7.70. The van der Waals surface area contributed by atoms with Crippen molar-refractivity contribution in [3.63, 3.8) is 0 Å². The number of hydrogen-bond acceptors (Lipinski definition) is 4. The zero-order chi connectivity index (χ0) is 18.4. The third kappa shape index (κ3) is 4.65. The van der Waals surface area contributed by atoms with Crippen molar-refractivity contribution in [3.05, 3.63) is 77.6 Å². The second-order valence-electron chi connectivity index (χ2n) is 5.21. The molecule has 3 aromatic rings. The minimum Gasteiger partial charge on any atom is -0.272 e. The van der Waals surface area contributed by atoms with Crippen LogP contribution in [0.3, 0.4) is 0 Å². The van der Waals surface area contributed by atoms with Gasteiger partial charge in [-0.15, -0.1) is 11.8 Å². The highest BCUT2D eigenvalue weighted by Crippen LogP contribution is 2.19. The van der Waals surface area contributed by atoms with Gasteiger partial charge in [0.25, 0.3) is 5.91 Å². The summed E-state index contributed by atoms with van der Waals surface area (Å²) in [5, 5.41) is 4.77. The summed E-state index contributed by atoms with van der Waals surface area (Å²) < 4.78 is 1.59. The largest absolute Gasteiger partial charge is 0.272 e. The molecule has 0 aliphatic carbocycles. The number of para-hydroxylation sites is 1. The van der Waals surface area contributed by atoms with E-state index < -0.39 is 5.91 Å². The van der Waals surface area contributed by atoms with Gasteiger partial charge in [0.15, 0.2) is 0 Å². The lowest BCUT2D eigenvalue weighted by Crippen LogP contribution is -2.42. The van der Waals surface area contributed by atoms with E-state index in [1.165, 1.54) is 11.8 Å². The van der Waals surface area contributed by atoms with Crippen molar-refractivity contribution in [2.24, 2.45) is 0 Å². The summed E-state index contributed by atoms with van der Waals surface area (Å²) >= 11 is 7.17. The molecule has 3 rings (SSSR count). The van der Waals surface area contributed by atoms with Gasteiger partial charge in [0, 0.05) is 22.3 Å². The number of benzene rings is 2. The van der Waals surface area contributed by atoms with E-state index in [1.54, 1.807) is 53.5 Å². The van der Waals surface area contributed by atoms with Gasteiger partial charge < -0.3 is 0 Å². The van der Waals surface area contributed by atoms with Crippen LogP contribution in [0.25, 0.3) is 5.69 Å². The maximum atomic E-state index is 12.4. The van der Waals surface area contributed by atoms with E-state index in [4.69, 9.17) is 11.6 Å². The molecule has 132 valence electrons. The molecule has 0 fully saturated rings. The van der Waals surface area contributed by atoms with Crippen LogP contribution in [0, 0.1) is 0 Å². The Bertz CT molecular complexity index is 898. The molecule has 26 heavy (non-hydrogen) atoms. The van der Waals surface area contributed by atoms with E-state index in [1.807, 2.05) is 18.2 Å². The van der Waals surface area contributed by atoms with Crippen LogP contribution < -0.4 is 10.9 Å². The number of halogens is 1. The van der Waals surface area contributed by atoms with E-state index >= 15 is 0 Å². The van der Waals surface area contributed by atoms with Gasteiger partial charge in [-0.05, 0) is 42.5 Å². The second-order valence-corrected chi connectivity index (χ2v) is 6.70. The van der Waals surface area contributed by atoms with E-state index in [0.717, 1.165) is 4.90 Å². The lowest BCUT2D eigenvalue weighted by Gasteiger charge is -2.11. The van der Waals surface area contributed by atoms with Gasteiger partial charge in [-0.2, -0.15) is 5.10 Å². The second kappa shape index (κ2) is 8.55. The first-order valence-corrected chi connectivity index (χ1v) is 9.06. The predicted molar refractivity (Wildman–Crippen MR) is 101 cm³/mol. The zero-order valence-electron chi connectivity index (χ0n) is 13.6. The Balaban J connectivity index is 1.56. The standard InChI is InChI=1S/C18H15ClN4O2S/c19-13-6-8-14(9-7-13)26-12-17(24)21-22-18(25)15-4-1-2-5-16(15)23-11-3-10-20-23/h1-11H,12H2,(H,21,24)(H,22,25). The lowest BCUT2D eigenvalue weighted by molar-refractivity contribution is -0.119. The smallest absolute Gasteiger partial charge is 0.271 e. The van der Waals surface area contributed by atoms with Crippen molar-refractivity contribution in [2.45, 2.75) is 4.90 Å². The first kappa shape index (κ1) is 18.0. The fraction of sp³-hybridized carbons (Fsp3) is 0.0556. The van der Waals surface area contributed by atoms with Crippen molar-refractivity contribution in [1.82, 2.24) is 20.6 Å². The van der Waals surface area contributed by atoms with Gasteiger partial charge in [0.2, 0.25) is 5.91 Å². The van der Waals surface area contributed by atoms with Gasteiger partial charge in [0.1, 0.15) is 0 Å². The monoisotopic (exact) mass is 386 g/mol. The minimum atomic E-state index is -0.416. The first-order chi connectivity index (χ1) is 12.6. The summed E-state index contributed by atoms with van der Waals surface area (Å²) in [7, 11) is 0. The SMILES string of the molecule is O=C(CSc1ccc(Cl)cc1)NNC(=O)c1ccccc1-n1cccn1. The van der Waals surface area contributed by atoms with Gasteiger partial charge in [0.05, 0.1) is 17.0 Å². The van der Waals surface area contributed by atoms with E-state index in [0.29, 0.717) is 16.3 Å². The van der Waals surface area contributed by atoms with Crippen molar-refractivity contribution in [1.29, 1.82) is 0 Å². The molecule has 0 atom stereocenters. The summed E-state index contributed by atoms with van der Waals surface area (Å²) in [6, 6.07) is 16.0. The highest BCUT2D eigenvalue weighted by molar-refractivity contribution is 8.00. The number of carbonyl (C=O) groups is 2. The molecule has 0 unspecified atom stereocenters. The maximum absolute atomic E-state index is 12.4. The van der Waals surface area contributed by atoms with Gasteiger partial charge in [-0.1, -0.05) is 23.7 Å². The zero-order valence-corrected chi connectivity index (χ0v) is 15.1. The van der Waals surface area contributed by atoms with Crippen LogP contribution in [0.2, 0.25) is 5.02 Å². The highest BCUT2D eigenvalue weighted by atomic mass is 35.5. The molecule has 0 saturated heterocycles. The number of hydrogen-bond donors (Lipinski definition) is 2. The Morgan fingerprint density at radius 3 is 2.54 bits per heavy atom. The molecule has 0 spiro atoms. The van der Waals surface area contributed by atoms with Crippen molar-refractivity contribution >= 4 is 35.2 Å². The fourth-order valence-electron chi connectivity index (χ4n) is 2.19. The van der Waals surface area contributed by atoms with Crippen LogP contribution in [0.5, 0.6) is 0 Å². The predicted octanol–water partition coefficient (Wildman–Crippen LogP) is 3.08. The average Bonchev–Trinajstić information content (AvgIpc) is 3.20. The number of rotatable bonds is 5. The number of carbonyl (C=O) groups excluding carboxylic acids is 2. The third-order valence-corrected chi connectivity index (χ3v) is 4.66. The molecule has 6 nitrogen and oxygen atoms in total. The van der Waals surface area contributed by atoms with Gasteiger partial charge in [-0.25, -0.2) is 4.68 Å². The minimum absolute atomic E-state index is 0.169. The molecule has 2 N–H and O–H groups in total. The summed E-state index contributed by atoms with van der Waals surface area (Å²) in [6.07, 6.45) is 3.37. The van der Waals surface area contributed by atoms with Gasteiger partial charge in [-0.3, -0.25) is 20.4 Å². The van der Waals surface area contributed by atoms with Crippen LogP contribution >= 0.6 is 23.4 Å². The average molecular weight is 387 g/mol. The van der Waals surface area contributed by atoms with Crippen LogP contribution in [0.1, 0.15) is 10.4 Å². The summed E-state index contributed by atoms with van der Waals surface area (Å²) in [5.74, 6) is -0.557. The lowest BCUT2D eigenvalue weighted by atomic mass is 10.1. The summed E-state index contributed by atoms with van der Waals surface area (Å²) in [5.41, 5.74) is 5.88. The number of thioether (sulfide) groups is 1. The normalized spacial score (nSPS) is 10.3. The topological polar surface area (TPSA) is 76.0 Å². The number of aromatic nitrogens is 2. The maximum Gasteiger partial charge on any atom is 0.271 e. The van der Waals surface area contributed by atoms with E-state index in [9.17, 15) is 9.59 Å². The molecule has 8 heteroatoms. The molecule has 2 amide bonds. The number of hydrazine groups is 1. The molecular formula is C18H15ClN4O2S. The molecule has 0 aliphatic heterocycles. The molecule has 0 aliphatic rings. The number of nitrogens with one attached hydrogen (secondary N) is 2. The van der Waals surface area contributed by atoms with Crippen LogP contribution in [-0.4, -0.2) is 27.3 Å². The Morgan fingerprint density at radius 1 is 1.04 bits per heavy atom. The summed E-state index contributed by atoms with van der Waals surface area (Å²) in [6.45, 7) is 0. The molecule has 0 bridgehead atoms. The Hall–Kier alpha value is -2.77. The molecule has 2 aromatic carbocycles.